The molecule has 9 heteroatoms. The van der Waals surface area contributed by atoms with Crippen molar-refractivity contribution in [3.63, 3.8) is 0 Å². The predicted octanol–water partition coefficient (Wildman–Crippen LogP) is 1.84. The number of hydrogen-bond acceptors (Lipinski definition) is 5. The summed E-state index contributed by atoms with van der Waals surface area (Å²) >= 11 is 5.97. The summed E-state index contributed by atoms with van der Waals surface area (Å²) in [5.41, 5.74) is 6.93. The molecule has 148 valence electrons. The van der Waals surface area contributed by atoms with Crippen molar-refractivity contribution in [3.05, 3.63) is 29.3 Å². The van der Waals surface area contributed by atoms with Crippen LogP contribution in [-0.4, -0.2) is 60.2 Å². The van der Waals surface area contributed by atoms with Crippen molar-refractivity contribution in [1.29, 1.82) is 0 Å². The van der Waals surface area contributed by atoms with E-state index in [1.165, 1.54) is 12.2 Å². The van der Waals surface area contributed by atoms with Gasteiger partial charge in [-0.05, 0) is 38.5 Å². The largest absolute Gasteiger partial charge is 0.324 e. The molecule has 1 aromatic rings. The highest BCUT2D eigenvalue weighted by atomic mass is 35.5. The van der Waals surface area contributed by atoms with E-state index in [9.17, 15) is 9.59 Å². The van der Waals surface area contributed by atoms with E-state index in [2.05, 4.69) is 16.2 Å². The number of likely N-dealkylation sites (tertiary alicyclic amines) is 1. The summed E-state index contributed by atoms with van der Waals surface area (Å²) in [7, 11) is 1.49. The maximum atomic E-state index is 12.8. The van der Waals surface area contributed by atoms with Crippen LogP contribution in [0.5, 0.6) is 0 Å². The van der Waals surface area contributed by atoms with Gasteiger partial charge in [0.2, 0.25) is 0 Å². The molecular formula is C18H26ClN5O3. The van der Waals surface area contributed by atoms with Crippen LogP contribution in [0.3, 0.4) is 0 Å². The Kier molecular flexibility index (Phi) is 6.21. The van der Waals surface area contributed by atoms with E-state index in [-0.39, 0.29) is 29.9 Å². The molecule has 3 atom stereocenters. The zero-order valence-electron chi connectivity index (χ0n) is 15.7. The highest BCUT2D eigenvalue weighted by molar-refractivity contribution is 6.30. The Labute approximate surface area is 164 Å². The molecule has 0 aromatic heterocycles. The van der Waals surface area contributed by atoms with Crippen LogP contribution in [0.25, 0.3) is 0 Å². The van der Waals surface area contributed by atoms with E-state index in [1.54, 1.807) is 29.2 Å². The van der Waals surface area contributed by atoms with Gasteiger partial charge in [-0.1, -0.05) is 17.7 Å². The minimum Gasteiger partial charge on any atom is -0.324 e. The summed E-state index contributed by atoms with van der Waals surface area (Å²) in [5, 5.41) is 4.80. The third-order valence-corrected chi connectivity index (χ3v) is 5.26. The van der Waals surface area contributed by atoms with Gasteiger partial charge in [0.1, 0.15) is 6.04 Å². The van der Waals surface area contributed by atoms with Gasteiger partial charge in [-0.15, -0.1) is 0 Å². The molecule has 0 bridgehead atoms. The highest BCUT2D eigenvalue weighted by Gasteiger charge is 2.46. The first kappa shape index (κ1) is 19.9. The van der Waals surface area contributed by atoms with E-state index < -0.39 is 6.04 Å². The van der Waals surface area contributed by atoms with Crippen LogP contribution in [0.4, 0.5) is 10.5 Å². The molecule has 2 saturated heterocycles. The van der Waals surface area contributed by atoms with Crippen molar-refractivity contribution >= 4 is 29.2 Å². The molecule has 27 heavy (non-hydrogen) atoms. The Morgan fingerprint density at radius 1 is 1.37 bits per heavy atom. The van der Waals surface area contributed by atoms with Crippen LogP contribution < -0.4 is 16.2 Å². The number of urea groups is 1. The molecule has 3 unspecified atom stereocenters. The monoisotopic (exact) mass is 395 g/mol. The van der Waals surface area contributed by atoms with Crippen LogP contribution >= 0.6 is 11.6 Å². The topological polar surface area (TPSA) is 85.9 Å². The maximum Gasteiger partial charge on any atom is 0.321 e. The summed E-state index contributed by atoms with van der Waals surface area (Å²) in [6, 6.07) is 6.46. The van der Waals surface area contributed by atoms with E-state index >= 15 is 0 Å². The molecule has 0 spiro atoms. The summed E-state index contributed by atoms with van der Waals surface area (Å²) in [4.78, 5) is 32.5. The maximum absolute atomic E-state index is 12.8. The number of nitrogens with zero attached hydrogens (tertiary/aromatic N) is 2. The quantitative estimate of drug-likeness (QED) is 0.677. The van der Waals surface area contributed by atoms with Gasteiger partial charge in [-0.2, -0.15) is 0 Å². The lowest BCUT2D eigenvalue weighted by Crippen LogP contribution is -2.54. The number of piperidine rings is 1. The van der Waals surface area contributed by atoms with Crippen molar-refractivity contribution < 1.29 is 14.4 Å². The summed E-state index contributed by atoms with van der Waals surface area (Å²) in [6.07, 6.45) is 0.763. The minimum atomic E-state index is -0.445. The van der Waals surface area contributed by atoms with Gasteiger partial charge in [0.15, 0.2) is 0 Å². The first-order valence-electron chi connectivity index (χ1n) is 9.10. The van der Waals surface area contributed by atoms with E-state index in [4.69, 9.17) is 16.4 Å². The molecule has 3 rings (SSSR count). The Hall–Kier alpha value is -1.87. The second-order valence-electron chi connectivity index (χ2n) is 7.15. The summed E-state index contributed by atoms with van der Waals surface area (Å²) < 4.78 is 0. The van der Waals surface area contributed by atoms with Crippen molar-refractivity contribution in [2.45, 2.75) is 38.4 Å². The van der Waals surface area contributed by atoms with Gasteiger partial charge in [0.05, 0.1) is 13.2 Å². The van der Waals surface area contributed by atoms with Crippen molar-refractivity contribution in [3.8, 4) is 0 Å². The van der Waals surface area contributed by atoms with Gasteiger partial charge in [-0.3, -0.25) is 15.1 Å². The predicted molar refractivity (Wildman–Crippen MR) is 103 cm³/mol. The smallest absolute Gasteiger partial charge is 0.321 e. The summed E-state index contributed by atoms with van der Waals surface area (Å²) in [5.74, 6) is -0.169. The Balaban J connectivity index is 1.66. The zero-order chi connectivity index (χ0) is 19.6. The fraction of sp³-hybridized carbons (Fsp3) is 0.556. The normalized spacial score (nSPS) is 24.6. The van der Waals surface area contributed by atoms with Gasteiger partial charge < -0.3 is 10.2 Å². The number of rotatable bonds is 4. The van der Waals surface area contributed by atoms with Gasteiger partial charge >= 0.3 is 6.03 Å². The third kappa shape index (κ3) is 4.35. The SMILES string of the molecule is CON(C(=O)C1NNC2CCN(C(=O)Nc3cccc(Cl)c3)CC21)C(C)C. The molecule has 2 aliphatic rings. The van der Waals surface area contributed by atoms with E-state index in [0.29, 0.717) is 23.8 Å². The Bertz CT molecular complexity index is 701. The Morgan fingerprint density at radius 2 is 2.15 bits per heavy atom. The number of carbonyl (C=O) groups excluding carboxylic acids is 2. The zero-order valence-corrected chi connectivity index (χ0v) is 16.5. The van der Waals surface area contributed by atoms with Crippen LogP contribution in [-0.2, 0) is 9.63 Å². The first-order chi connectivity index (χ1) is 12.9. The van der Waals surface area contributed by atoms with Crippen LogP contribution in [0.15, 0.2) is 24.3 Å². The number of carbonyl (C=O) groups is 2. The fourth-order valence-corrected chi connectivity index (χ4v) is 3.88. The number of halogens is 1. The lowest BCUT2D eigenvalue weighted by atomic mass is 9.88. The lowest BCUT2D eigenvalue weighted by molar-refractivity contribution is -0.188. The molecular weight excluding hydrogens is 370 g/mol. The van der Waals surface area contributed by atoms with E-state index in [1.807, 2.05) is 13.8 Å². The number of hydrogen-bond donors (Lipinski definition) is 3. The first-order valence-corrected chi connectivity index (χ1v) is 9.48. The average Bonchev–Trinajstić information content (AvgIpc) is 3.05. The number of hydrazine groups is 1. The number of benzene rings is 1. The lowest BCUT2D eigenvalue weighted by Gasteiger charge is -2.36. The average molecular weight is 396 g/mol. The van der Waals surface area contributed by atoms with Crippen molar-refractivity contribution in [2.75, 3.05) is 25.5 Å². The Morgan fingerprint density at radius 3 is 2.81 bits per heavy atom. The molecule has 2 aliphatic heterocycles. The molecule has 2 heterocycles. The molecule has 3 amide bonds. The summed E-state index contributed by atoms with van der Waals surface area (Å²) in [6.45, 7) is 4.88. The van der Waals surface area contributed by atoms with Crippen LogP contribution in [0, 0.1) is 5.92 Å². The third-order valence-electron chi connectivity index (χ3n) is 5.02. The second-order valence-corrected chi connectivity index (χ2v) is 7.59. The van der Waals surface area contributed by atoms with Gasteiger partial charge in [-0.25, -0.2) is 15.3 Å². The van der Waals surface area contributed by atoms with Crippen LogP contribution in [0.1, 0.15) is 20.3 Å². The molecule has 8 nitrogen and oxygen atoms in total. The number of anilines is 1. The number of fused-ring (bicyclic) bond motifs is 1. The molecule has 3 N–H and O–H groups in total. The van der Waals surface area contributed by atoms with Crippen LogP contribution in [0.2, 0.25) is 5.02 Å². The van der Waals surface area contributed by atoms with E-state index in [0.717, 1.165) is 6.42 Å². The standard InChI is InChI=1S/C18H26ClN5O3/c1-11(2)24(27-3)17(25)16-14-10-23(8-7-15(14)21-22-16)18(26)20-13-6-4-5-12(19)9-13/h4-6,9,11,14-16,21-22H,7-8,10H2,1-3H3,(H,20,26). The number of amides is 3. The molecule has 0 aliphatic carbocycles. The minimum absolute atomic E-state index is 0.0345. The highest BCUT2D eigenvalue weighted by Crippen LogP contribution is 2.26. The number of nitrogens with one attached hydrogen (secondary N) is 3. The molecule has 1 aromatic carbocycles. The second kappa shape index (κ2) is 8.43. The van der Waals surface area contributed by atoms with Crippen molar-refractivity contribution in [1.82, 2.24) is 20.8 Å². The molecule has 0 radical (unpaired) electrons. The van der Waals surface area contributed by atoms with Gasteiger partial charge in [0.25, 0.3) is 5.91 Å². The van der Waals surface area contributed by atoms with Crippen molar-refractivity contribution in [2.24, 2.45) is 5.92 Å². The number of hydroxylamine groups is 2. The molecule has 2 fully saturated rings. The fourth-order valence-electron chi connectivity index (χ4n) is 3.69. The van der Waals surface area contributed by atoms with Gasteiger partial charge in [0, 0.05) is 35.8 Å². The molecule has 0 saturated carbocycles.